The average molecular weight is 509 g/mol. The van der Waals surface area contributed by atoms with Crippen molar-refractivity contribution >= 4 is 38.3 Å². The number of anilines is 1. The summed E-state index contributed by atoms with van der Waals surface area (Å²) in [6.07, 6.45) is 2.45. The molecular weight excluding hydrogens is 472 g/mol. The molecule has 1 atom stereocenters. The molecule has 0 aliphatic heterocycles. The number of hydrogen-bond acceptors (Lipinski definition) is 7. The van der Waals surface area contributed by atoms with Crippen molar-refractivity contribution in [2.24, 2.45) is 16.5 Å². The van der Waals surface area contributed by atoms with Gasteiger partial charge in [-0.25, -0.2) is 8.42 Å². The minimum absolute atomic E-state index is 0. The molecule has 0 aliphatic rings. The van der Waals surface area contributed by atoms with Crippen LogP contribution in [-0.2, 0) is 14.8 Å². The smallest absolute Gasteiger partial charge is 0.241 e. The van der Waals surface area contributed by atoms with Gasteiger partial charge in [-0.1, -0.05) is 37.6 Å². The Morgan fingerprint density at radius 2 is 1.71 bits per heavy atom. The van der Waals surface area contributed by atoms with Crippen LogP contribution in [0.2, 0.25) is 0 Å². The van der Waals surface area contributed by atoms with Gasteiger partial charge in [-0.2, -0.15) is 4.72 Å². The number of aliphatic imine (C=N–C) groups is 1. The highest BCUT2D eigenvalue weighted by molar-refractivity contribution is 7.89. The molecule has 35 heavy (non-hydrogen) atoms. The normalized spacial score (nSPS) is 11.3. The second-order valence-electron chi connectivity index (χ2n) is 7.79. The van der Waals surface area contributed by atoms with Crippen LogP contribution in [-0.4, -0.2) is 59.0 Å². The van der Waals surface area contributed by atoms with Crippen molar-refractivity contribution in [3.8, 4) is 0 Å². The molecule has 0 saturated heterocycles. The molecule has 0 aromatic heterocycles. The summed E-state index contributed by atoms with van der Waals surface area (Å²) in [7, 11) is -0.164. The van der Waals surface area contributed by atoms with E-state index in [1.807, 2.05) is 44.1 Å². The molecule has 2 rings (SSSR count). The second-order valence-corrected chi connectivity index (χ2v) is 9.47. The maximum Gasteiger partial charge on any atom is 0.241 e. The van der Waals surface area contributed by atoms with E-state index in [4.69, 9.17) is 22.3 Å². The Bertz CT molecular complexity index is 1100. The standard InChI is InChI=1S/C22H34N6O3S.N2.H2O/c1-4-5-14-25-21(29)18(11-8-15-26-22(23)24)27-32(30,31)20-13-7-9-16-17(20)10-6-12-19(16)28(2)3;1-2;/h6-7,9-10,12-13,18,27H,4-5,8,11,14-15H2,1-3H3,(H,25,29)(H4,23,24,26);;1H2/t18-;;/m0../s1. The fourth-order valence-electron chi connectivity index (χ4n) is 3.40. The SMILES string of the molecule is CCCCNC(=O)[C@H](CCCN=C(N)N)NS(=O)(=O)c1cccc2c(N(C)C)cccc12.N#N.O. The number of hydrogen-bond donors (Lipinski definition) is 4. The van der Waals surface area contributed by atoms with Crippen LogP contribution in [0.3, 0.4) is 0 Å². The quantitative estimate of drug-likeness (QED) is 0.138. The molecule has 194 valence electrons. The van der Waals surface area contributed by atoms with Gasteiger partial charge in [0.2, 0.25) is 15.9 Å². The average Bonchev–Trinajstić information content (AvgIpc) is 2.81. The molecule has 0 unspecified atom stereocenters. The molecule has 2 aromatic carbocycles. The van der Waals surface area contributed by atoms with E-state index in [9.17, 15) is 13.2 Å². The van der Waals surface area contributed by atoms with E-state index in [-0.39, 0.29) is 28.7 Å². The number of carbonyl (C=O) groups is 1. The summed E-state index contributed by atoms with van der Waals surface area (Å²) in [5, 5.41) is 16.2. The van der Waals surface area contributed by atoms with E-state index >= 15 is 0 Å². The van der Waals surface area contributed by atoms with Gasteiger partial charge in [-0.3, -0.25) is 9.79 Å². The Morgan fingerprint density at radius 1 is 1.09 bits per heavy atom. The fraction of sp³-hybridized carbons (Fsp3) is 0.455. The zero-order valence-corrected chi connectivity index (χ0v) is 21.2. The Hall–Kier alpha value is -3.47. The molecule has 8 N–H and O–H groups in total. The first kappa shape index (κ1) is 31.5. The first-order chi connectivity index (χ1) is 16.2. The number of nitrogens with one attached hydrogen (secondary N) is 2. The van der Waals surface area contributed by atoms with E-state index in [0.29, 0.717) is 24.9 Å². The van der Waals surface area contributed by atoms with Crippen LogP contribution in [0.5, 0.6) is 0 Å². The minimum Gasteiger partial charge on any atom is -0.412 e. The number of fused-ring (bicyclic) bond motifs is 1. The number of sulfonamides is 1. The number of carbonyl (C=O) groups excluding carboxylic acids is 1. The number of nitrogens with zero attached hydrogens (tertiary/aromatic N) is 4. The molecule has 0 saturated carbocycles. The highest BCUT2D eigenvalue weighted by Crippen LogP contribution is 2.30. The largest absolute Gasteiger partial charge is 0.412 e. The van der Waals surface area contributed by atoms with Gasteiger partial charge in [0.05, 0.1) is 4.90 Å². The molecule has 0 fully saturated rings. The summed E-state index contributed by atoms with van der Waals surface area (Å²) in [6.45, 7) is 2.81. The van der Waals surface area contributed by atoms with Gasteiger partial charge in [-0.15, -0.1) is 0 Å². The molecule has 13 heteroatoms. The van der Waals surface area contributed by atoms with Crippen molar-refractivity contribution in [2.75, 3.05) is 32.1 Å². The Kier molecular flexibility index (Phi) is 13.9. The number of rotatable bonds is 12. The summed E-state index contributed by atoms with van der Waals surface area (Å²) in [4.78, 5) is 18.7. The van der Waals surface area contributed by atoms with Gasteiger partial charge in [0.25, 0.3) is 0 Å². The molecule has 2 aromatic rings. The third-order valence-corrected chi connectivity index (χ3v) is 6.55. The lowest BCUT2D eigenvalue weighted by molar-refractivity contribution is -0.122. The maximum atomic E-state index is 13.3. The van der Waals surface area contributed by atoms with Crippen LogP contribution in [0, 0.1) is 10.8 Å². The van der Waals surface area contributed by atoms with Crippen molar-refractivity contribution in [1.82, 2.24) is 10.0 Å². The highest BCUT2D eigenvalue weighted by Gasteiger charge is 2.26. The highest BCUT2D eigenvalue weighted by atomic mass is 32.2. The molecule has 12 nitrogen and oxygen atoms in total. The third kappa shape index (κ3) is 9.36. The van der Waals surface area contributed by atoms with Gasteiger partial charge in [0, 0.05) is 54.4 Å². The Morgan fingerprint density at radius 3 is 2.31 bits per heavy atom. The lowest BCUT2D eigenvalue weighted by Crippen LogP contribution is -2.47. The first-order valence-corrected chi connectivity index (χ1v) is 12.4. The van der Waals surface area contributed by atoms with Gasteiger partial charge >= 0.3 is 0 Å². The molecule has 0 radical (unpaired) electrons. The maximum absolute atomic E-state index is 13.3. The van der Waals surface area contributed by atoms with Gasteiger partial charge in [-0.05, 0) is 31.4 Å². The van der Waals surface area contributed by atoms with Crippen molar-refractivity contribution in [2.45, 2.75) is 43.5 Å². The Labute approximate surface area is 206 Å². The molecule has 0 heterocycles. The number of amides is 1. The monoisotopic (exact) mass is 508 g/mol. The first-order valence-electron chi connectivity index (χ1n) is 10.9. The zero-order chi connectivity index (χ0) is 25.7. The topological polar surface area (TPSA) is 222 Å². The van der Waals surface area contributed by atoms with E-state index in [0.717, 1.165) is 23.9 Å². The molecule has 0 bridgehead atoms. The molecule has 0 spiro atoms. The van der Waals surface area contributed by atoms with Crippen molar-refractivity contribution < 1.29 is 18.7 Å². The summed E-state index contributed by atoms with van der Waals surface area (Å²) in [5.74, 6) is -0.400. The molecular formula is C22H36N8O4S. The third-order valence-electron chi connectivity index (χ3n) is 5.02. The van der Waals surface area contributed by atoms with Gasteiger partial charge in [0.15, 0.2) is 5.96 Å². The van der Waals surface area contributed by atoms with Crippen LogP contribution in [0.15, 0.2) is 46.3 Å². The van der Waals surface area contributed by atoms with E-state index in [1.54, 1.807) is 18.2 Å². The van der Waals surface area contributed by atoms with Crippen LogP contribution in [0.25, 0.3) is 10.8 Å². The molecule has 1 amide bonds. The summed E-state index contributed by atoms with van der Waals surface area (Å²) >= 11 is 0. The predicted molar refractivity (Wildman–Crippen MR) is 137 cm³/mol. The number of benzene rings is 2. The number of nitrogens with two attached hydrogens (primary N) is 2. The van der Waals surface area contributed by atoms with Crippen molar-refractivity contribution in [3.05, 3.63) is 36.4 Å². The Balaban J connectivity index is 0.00000375. The van der Waals surface area contributed by atoms with Crippen molar-refractivity contribution in [1.29, 1.82) is 10.8 Å². The number of unbranched alkanes of at least 4 members (excludes halogenated alkanes) is 1. The van der Waals surface area contributed by atoms with Crippen LogP contribution < -0.4 is 26.4 Å². The van der Waals surface area contributed by atoms with E-state index in [1.165, 1.54) is 0 Å². The second kappa shape index (κ2) is 15.4. The van der Waals surface area contributed by atoms with Crippen LogP contribution in [0.1, 0.15) is 32.6 Å². The minimum atomic E-state index is -3.97. The lowest BCUT2D eigenvalue weighted by Gasteiger charge is -2.20. The van der Waals surface area contributed by atoms with Gasteiger partial charge in [0.1, 0.15) is 6.04 Å². The van der Waals surface area contributed by atoms with E-state index in [2.05, 4.69) is 15.0 Å². The molecule has 0 aliphatic carbocycles. The lowest BCUT2D eigenvalue weighted by atomic mass is 10.1. The van der Waals surface area contributed by atoms with Crippen LogP contribution in [0.4, 0.5) is 5.69 Å². The predicted octanol–water partition coefficient (Wildman–Crippen LogP) is 0.728. The fourth-order valence-corrected chi connectivity index (χ4v) is 4.85. The summed E-state index contributed by atoms with van der Waals surface area (Å²) < 4.78 is 29.3. The van der Waals surface area contributed by atoms with Crippen molar-refractivity contribution in [3.63, 3.8) is 0 Å². The number of guanidine groups is 1. The van der Waals surface area contributed by atoms with Gasteiger partial charge < -0.3 is 27.2 Å². The summed E-state index contributed by atoms with van der Waals surface area (Å²) in [6, 6.07) is 9.73. The summed E-state index contributed by atoms with van der Waals surface area (Å²) in [5.41, 5.74) is 11.6. The van der Waals surface area contributed by atoms with E-state index < -0.39 is 16.1 Å². The van der Waals surface area contributed by atoms with Crippen LogP contribution >= 0.6 is 0 Å². The zero-order valence-electron chi connectivity index (χ0n) is 20.4.